The third-order valence-corrected chi connectivity index (χ3v) is 2.72. The van der Waals surface area contributed by atoms with Gasteiger partial charge in [-0.15, -0.1) is 0 Å². The van der Waals surface area contributed by atoms with Crippen LogP contribution in [0.4, 0.5) is 5.69 Å². The summed E-state index contributed by atoms with van der Waals surface area (Å²) in [5.41, 5.74) is 3.11. The van der Waals surface area contributed by atoms with E-state index in [1.165, 1.54) is 0 Å². The minimum Gasteiger partial charge on any atom is -0.396 e. The fourth-order valence-corrected chi connectivity index (χ4v) is 1.80. The Bertz CT molecular complexity index is 582. The monoisotopic (exact) mass is 256 g/mol. The Morgan fingerprint density at radius 3 is 2.89 bits per heavy atom. The van der Waals surface area contributed by atoms with Crippen molar-refractivity contribution < 1.29 is 9.90 Å². The number of aliphatic hydroxyl groups is 1. The zero-order valence-corrected chi connectivity index (χ0v) is 10.8. The number of nitrogens with zero attached hydrogens (tertiary/aromatic N) is 1. The van der Waals surface area contributed by atoms with Crippen molar-refractivity contribution in [2.45, 2.75) is 13.3 Å². The molecule has 1 heterocycles. The molecule has 1 amide bonds. The number of carbonyl (C=O) groups is 1. The highest BCUT2D eigenvalue weighted by Crippen LogP contribution is 2.12. The quantitative estimate of drug-likeness (QED) is 0.881. The predicted molar refractivity (Wildman–Crippen MR) is 74.2 cm³/mol. The van der Waals surface area contributed by atoms with Crippen molar-refractivity contribution in [3.05, 3.63) is 59.4 Å². The van der Waals surface area contributed by atoms with Crippen LogP contribution in [0, 0.1) is 6.92 Å². The molecule has 0 aliphatic heterocycles. The van der Waals surface area contributed by atoms with Crippen molar-refractivity contribution in [2.75, 3.05) is 11.9 Å². The van der Waals surface area contributed by atoms with Gasteiger partial charge in [-0.25, -0.2) is 0 Å². The molecule has 0 unspecified atom stereocenters. The number of aryl methyl sites for hydroxylation is 1. The van der Waals surface area contributed by atoms with Gasteiger partial charge in [-0.3, -0.25) is 9.78 Å². The van der Waals surface area contributed by atoms with Crippen molar-refractivity contribution >= 4 is 11.6 Å². The third-order valence-electron chi connectivity index (χ3n) is 2.72. The molecule has 4 nitrogen and oxygen atoms in total. The van der Waals surface area contributed by atoms with Crippen LogP contribution in [0.15, 0.2) is 42.6 Å². The number of amides is 1. The average molecular weight is 256 g/mol. The molecule has 2 N–H and O–H groups in total. The molecule has 0 bridgehead atoms. The van der Waals surface area contributed by atoms with Gasteiger partial charge >= 0.3 is 0 Å². The summed E-state index contributed by atoms with van der Waals surface area (Å²) in [6.07, 6.45) is 2.03. The molecule has 1 aromatic heterocycles. The summed E-state index contributed by atoms with van der Waals surface area (Å²) in [6.45, 7) is 2.00. The van der Waals surface area contributed by atoms with Crippen LogP contribution >= 0.6 is 0 Å². The normalized spacial score (nSPS) is 10.2. The second kappa shape index (κ2) is 6.11. The summed E-state index contributed by atoms with van der Waals surface area (Å²) >= 11 is 0. The Labute approximate surface area is 112 Å². The van der Waals surface area contributed by atoms with Crippen molar-refractivity contribution in [1.82, 2.24) is 4.98 Å². The number of aromatic nitrogens is 1. The van der Waals surface area contributed by atoms with Crippen LogP contribution in [-0.4, -0.2) is 22.6 Å². The number of carbonyl (C=O) groups excluding carboxylic acids is 1. The van der Waals surface area contributed by atoms with Gasteiger partial charge in [0.1, 0.15) is 0 Å². The third kappa shape index (κ3) is 3.63. The van der Waals surface area contributed by atoms with E-state index in [1.54, 1.807) is 18.3 Å². The minimum absolute atomic E-state index is 0.0238. The fraction of sp³-hybridized carbons (Fsp3) is 0.200. The van der Waals surface area contributed by atoms with E-state index in [1.807, 2.05) is 31.2 Å². The zero-order chi connectivity index (χ0) is 13.7. The highest BCUT2D eigenvalue weighted by molar-refractivity contribution is 6.04. The van der Waals surface area contributed by atoms with E-state index in [0.29, 0.717) is 17.7 Å². The van der Waals surface area contributed by atoms with E-state index in [4.69, 9.17) is 5.11 Å². The molecule has 0 fully saturated rings. The molecular weight excluding hydrogens is 240 g/mol. The maximum atomic E-state index is 12.1. The molecule has 19 heavy (non-hydrogen) atoms. The number of benzene rings is 1. The topological polar surface area (TPSA) is 62.2 Å². The summed E-state index contributed by atoms with van der Waals surface area (Å²) in [7, 11) is 0. The number of anilines is 1. The van der Waals surface area contributed by atoms with E-state index >= 15 is 0 Å². The van der Waals surface area contributed by atoms with Crippen LogP contribution in [0.25, 0.3) is 0 Å². The summed E-state index contributed by atoms with van der Waals surface area (Å²) in [5, 5.41) is 11.7. The van der Waals surface area contributed by atoms with Crippen LogP contribution in [-0.2, 0) is 6.42 Å². The number of pyridine rings is 1. The maximum absolute atomic E-state index is 12.1. The number of hydrogen-bond donors (Lipinski definition) is 2. The first-order valence-corrected chi connectivity index (χ1v) is 6.13. The van der Waals surface area contributed by atoms with Gasteiger partial charge in [0, 0.05) is 36.2 Å². The second-order valence-corrected chi connectivity index (χ2v) is 4.33. The predicted octanol–water partition coefficient (Wildman–Crippen LogP) is 2.18. The first-order valence-electron chi connectivity index (χ1n) is 6.13. The molecule has 0 aliphatic carbocycles. The Morgan fingerprint density at radius 1 is 1.32 bits per heavy atom. The lowest BCUT2D eigenvalue weighted by Gasteiger charge is -2.07. The van der Waals surface area contributed by atoms with Gasteiger partial charge in [0.2, 0.25) is 0 Å². The molecule has 0 saturated carbocycles. The summed E-state index contributed by atoms with van der Waals surface area (Å²) in [5.74, 6) is -0.174. The molecule has 0 atom stereocenters. The molecule has 4 heteroatoms. The molecule has 1 aromatic carbocycles. The summed E-state index contributed by atoms with van der Waals surface area (Å²) in [4.78, 5) is 16.2. The summed E-state index contributed by atoms with van der Waals surface area (Å²) in [6, 6.07) is 11.0. The molecule has 2 aromatic rings. The zero-order valence-electron chi connectivity index (χ0n) is 10.8. The Hall–Kier alpha value is -2.20. The van der Waals surface area contributed by atoms with Gasteiger partial charge in [-0.05, 0) is 36.8 Å². The van der Waals surface area contributed by atoms with E-state index in [-0.39, 0.29) is 12.5 Å². The lowest BCUT2D eigenvalue weighted by atomic mass is 10.1. The van der Waals surface area contributed by atoms with Crippen LogP contribution in [0.3, 0.4) is 0 Å². The Kier molecular flexibility index (Phi) is 4.26. The van der Waals surface area contributed by atoms with E-state index in [9.17, 15) is 4.79 Å². The molecule has 0 saturated heterocycles. The number of aliphatic hydroxyl groups excluding tert-OH is 1. The van der Waals surface area contributed by atoms with Crippen molar-refractivity contribution in [3.8, 4) is 0 Å². The molecule has 0 aliphatic rings. The van der Waals surface area contributed by atoms with Crippen LogP contribution < -0.4 is 5.32 Å². The Balaban J connectivity index is 2.13. The smallest absolute Gasteiger partial charge is 0.255 e. The molecule has 2 rings (SSSR count). The highest BCUT2D eigenvalue weighted by Gasteiger charge is 2.07. The lowest BCUT2D eigenvalue weighted by molar-refractivity contribution is 0.102. The van der Waals surface area contributed by atoms with Gasteiger partial charge in [0.15, 0.2) is 0 Å². The highest BCUT2D eigenvalue weighted by atomic mass is 16.3. The van der Waals surface area contributed by atoms with Gasteiger partial charge in [0.25, 0.3) is 5.91 Å². The van der Waals surface area contributed by atoms with E-state index in [0.717, 1.165) is 11.3 Å². The summed E-state index contributed by atoms with van der Waals surface area (Å²) < 4.78 is 0. The maximum Gasteiger partial charge on any atom is 0.255 e. The first kappa shape index (κ1) is 13.2. The van der Waals surface area contributed by atoms with Crippen molar-refractivity contribution in [2.24, 2.45) is 0 Å². The standard InChI is InChI=1S/C15H16N2O2/c1-11-3-2-4-14(9-11)17-15(19)12-5-7-16-13(10-12)6-8-18/h2-5,7,9-10,18H,6,8H2,1H3,(H,17,19). The largest absolute Gasteiger partial charge is 0.396 e. The van der Waals surface area contributed by atoms with E-state index in [2.05, 4.69) is 10.3 Å². The lowest BCUT2D eigenvalue weighted by Crippen LogP contribution is -2.12. The van der Waals surface area contributed by atoms with Crippen LogP contribution in [0.1, 0.15) is 21.6 Å². The van der Waals surface area contributed by atoms with Gasteiger partial charge in [0.05, 0.1) is 0 Å². The molecule has 98 valence electrons. The number of hydrogen-bond acceptors (Lipinski definition) is 3. The van der Waals surface area contributed by atoms with E-state index < -0.39 is 0 Å². The molecular formula is C15H16N2O2. The van der Waals surface area contributed by atoms with Crippen molar-refractivity contribution in [1.29, 1.82) is 0 Å². The minimum atomic E-state index is -0.174. The molecule has 0 spiro atoms. The number of rotatable bonds is 4. The average Bonchev–Trinajstić information content (AvgIpc) is 2.39. The fourth-order valence-electron chi connectivity index (χ4n) is 1.80. The van der Waals surface area contributed by atoms with Gasteiger partial charge < -0.3 is 10.4 Å². The Morgan fingerprint density at radius 2 is 2.16 bits per heavy atom. The van der Waals surface area contributed by atoms with Crippen LogP contribution in [0.5, 0.6) is 0 Å². The SMILES string of the molecule is Cc1cccc(NC(=O)c2ccnc(CCO)c2)c1. The van der Waals surface area contributed by atoms with Gasteiger partial charge in [-0.1, -0.05) is 12.1 Å². The first-order chi connectivity index (χ1) is 9.19. The van der Waals surface area contributed by atoms with Crippen LogP contribution in [0.2, 0.25) is 0 Å². The van der Waals surface area contributed by atoms with Gasteiger partial charge in [-0.2, -0.15) is 0 Å². The van der Waals surface area contributed by atoms with Crippen molar-refractivity contribution in [3.63, 3.8) is 0 Å². The number of nitrogens with one attached hydrogen (secondary N) is 1. The molecule has 0 radical (unpaired) electrons. The second-order valence-electron chi connectivity index (χ2n) is 4.33.